The lowest BCUT2D eigenvalue weighted by molar-refractivity contribution is -0.123. The van der Waals surface area contributed by atoms with Gasteiger partial charge in [-0.15, -0.1) is 0 Å². The van der Waals surface area contributed by atoms with Crippen molar-refractivity contribution >= 4 is 46.8 Å². The molecule has 1 fully saturated rings. The first-order valence-electron chi connectivity index (χ1n) is 8.54. The number of carbonyl (C=O) groups is 2. The predicted molar refractivity (Wildman–Crippen MR) is 112 cm³/mol. The third-order valence-electron chi connectivity index (χ3n) is 3.88. The van der Waals surface area contributed by atoms with Crippen LogP contribution in [0.5, 0.6) is 17.2 Å². The van der Waals surface area contributed by atoms with Gasteiger partial charge in [0.25, 0.3) is 11.8 Å². The second-order valence-electron chi connectivity index (χ2n) is 5.83. The maximum atomic E-state index is 11.9. The number of hydrogen-bond acceptors (Lipinski definition) is 6. The molecule has 9 heteroatoms. The number of rotatable bonds is 7. The number of amides is 2. The van der Waals surface area contributed by atoms with Crippen LogP contribution in [0, 0.1) is 0 Å². The number of benzene rings is 2. The fourth-order valence-electron chi connectivity index (χ4n) is 2.53. The molecule has 0 atom stereocenters. The Morgan fingerprint density at radius 1 is 0.966 bits per heavy atom. The molecule has 150 valence electrons. The molecular formula is C20H17ClN2O5S. The summed E-state index contributed by atoms with van der Waals surface area (Å²) >= 11 is 10.8. The van der Waals surface area contributed by atoms with Gasteiger partial charge in [-0.3, -0.25) is 20.2 Å². The fourth-order valence-corrected chi connectivity index (χ4v) is 2.91. The minimum atomic E-state index is -0.560. The Morgan fingerprint density at radius 2 is 1.62 bits per heavy atom. The molecule has 29 heavy (non-hydrogen) atoms. The monoisotopic (exact) mass is 432 g/mol. The molecule has 7 nitrogen and oxygen atoms in total. The average molecular weight is 433 g/mol. The Morgan fingerprint density at radius 3 is 2.28 bits per heavy atom. The Balaban J connectivity index is 1.65. The van der Waals surface area contributed by atoms with Crippen LogP contribution in [0.3, 0.4) is 0 Å². The van der Waals surface area contributed by atoms with E-state index >= 15 is 0 Å². The van der Waals surface area contributed by atoms with Crippen molar-refractivity contribution in [3.8, 4) is 17.2 Å². The van der Waals surface area contributed by atoms with Crippen molar-refractivity contribution in [2.75, 3.05) is 20.3 Å². The van der Waals surface area contributed by atoms with Gasteiger partial charge in [0, 0.05) is 0 Å². The first kappa shape index (κ1) is 20.6. The van der Waals surface area contributed by atoms with Crippen LogP contribution in [0.15, 0.2) is 48.0 Å². The van der Waals surface area contributed by atoms with Crippen LogP contribution in [0.2, 0.25) is 5.02 Å². The first-order chi connectivity index (χ1) is 14.0. The average Bonchev–Trinajstić information content (AvgIpc) is 2.69. The van der Waals surface area contributed by atoms with E-state index in [4.69, 9.17) is 38.0 Å². The number of hydrogen-bond donors (Lipinski definition) is 2. The third-order valence-corrected chi connectivity index (χ3v) is 4.39. The first-order valence-corrected chi connectivity index (χ1v) is 9.33. The molecule has 0 saturated carbocycles. The van der Waals surface area contributed by atoms with Crippen molar-refractivity contribution in [2.45, 2.75) is 0 Å². The second kappa shape index (κ2) is 9.40. The Labute approximate surface area is 177 Å². The third kappa shape index (κ3) is 5.24. The number of nitrogens with one attached hydrogen (secondary N) is 2. The summed E-state index contributed by atoms with van der Waals surface area (Å²) in [6.07, 6.45) is 1.44. The summed E-state index contributed by atoms with van der Waals surface area (Å²) in [6.45, 7) is 0.559. The molecule has 1 aliphatic heterocycles. The number of thiocarbonyl (C=S) groups is 1. The summed E-state index contributed by atoms with van der Waals surface area (Å²) in [5.41, 5.74) is 0.539. The van der Waals surface area contributed by atoms with E-state index in [1.807, 2.05) is 12.1 Å². The molecule has 1 heterocycles. The Hall–Kier alpha value is -3.10. The van der Waals surface area contributed by atoms with Crippen LogP contribution in [-0.2, 0) is 9.59 Å². The fraction of sp³-hybridized carbons (Fsp3) is 0.150. The van der Waals surface area contributed by atoms with Gasteiger partial charge in [-0.2, -0.15) is 0 Å². The lowest BCUT2D eigenvalue weighted by Gasteiger charge is -2.16. The summed E-state index contributed by atoms with van der Waals surface area (Å²) < 4.78 is 16.6. The van der Waals surface area contributed by atoms with Gasteiger partial charge < -0.3 is 14.2 Å². The Kier molecular flexibility index (Phi) is 6.69. The molecular weight excluding hydrogens is 416 g/mol. The van der Waals surface area contributed by atoms with Crippen LogP contribution < -0.4 is 24.8 Å². The molecule has 3 rings (SSSR count). The normalized spacial score (nSPS) is 13.4. The van der Waals surface area contributed by atoms with Crippen LogP contribution in [0.1, 0.15) is 5.56 Å². The molecule has 2 N–H and O–H groups in total. The molecule has 2 amide bonds. The molecule has 0 aliphatic carbocycles. The highest BCUT2D eigenvalue weighted by Gasteiger charge is 2.25. The van der Waals surface area contributed by atoms with E-state index in [9.17, 15) is 9.59 Å². The summed E-state index contributed by atoms with van der Waals surface area (Å²) in [7, 11) is 1.50. The SMILES string of the molecule is COc1cc(C=C2C(=O)NC(=S)NC2=O)ccc1OCCOc1ccccc1Cl. The molecule has 0 spiro atoms. The van der Waals surface area contributed by atoms with Crippen molar-refractivity contribution in [2.24, 2.45) is 0 Å². The van der Waals surface area contributed by atoms with E-state index in [1.54, 1.807) is 30.3 Å². The van der Waals surface area contributed by atoms with Crippen molar-refractivity contribution < 1.29 is 23.8 Å². The van der Waals surface area contributed by atoms with Crippen LogP contribution in [-0.4, -0.2) is 37.3 Å². The maximum Gasteiger partial charge on any atom is 0.263 e. The number of methoxy groups -OCH3 is 1. The summed E-state index contributed by atoms with van der Waals surface area (Å²) in [4.78, 5) is 23.9. The highest BCUT2D eigenvalue weighted by atomic mass is 35.5. The number of carbonyl (C=O) groups excluding carboxylic acids is 2. The number of para-hydroxylation sites is 1. The van der Waals surface area contributed by atoms with Crippen molar-refractivity contribution in [1.82, 2.24) is 10.6 Å². The zero-order chi connectivity index (χ0) is 20.8. The molecule has 2 aromatic rings. The predicted octanol–water partition coefficient (Wildman–Crippen LogP) is 2.72. The van der Waals surface area contributed by atoms with Crippen molar-refractivity contribution in [1.29, 1.82) is 0 Å². The Bertz CT molecular complexity index is 971. The van der Waals surface area contributed by atoms with E-state index in [0.29, 0.717) is 34.4 Å². The highest BCUT2D eigenvalue weighted by Crippen LogP contribution is 2.29. The minimum Gasteiger partial charge on any atom is -0.493 e. The molecule has 1 saturated heterocycles. The maximum absolute atomic E-state index is 11.9. The smallest absolute Gasteiger partial charge is 0.263 e. The van der Waals surface area contributed by atoms with Crippen molar-refractivity contribution in [3.63, 3.8) is 0 Å². The van der Waals surface area contributed by atoms with Crippen LogP contribution >= 0.6 is 23.8 Å². The van der Waals surface area contributed by atoms with Gasteiger partial charge in [0.2, 0.25) is 0 Å². The minimum absolute atomic E-state index is 0.0162. The van der Waals surface area contributed by atoms with Gasteiger partial charge in [-0.05, 0) is 48.1 Å². The van der Waals surface area contributed by atoms with Crippen LogP contribution in [0.4, 0.5) is 0 Å². The lowest BCUT2D eigenvalue weighted by Crippen LogP contribution is -2.51. The van der Waals surface area contributed by atoms with Gasteiger partial charge in [0.05, 0.1) is 12.1 Å². The van der Waals surface area contributed by atoms with E-state index < -0.39 is 11.8 Å². The molecule has 0 unspecified atom stereocenters. The number of halogens is 1. The van der Waals surface area contributed by atoms with E-state index in [0.717, 1.165) is 0 Å². The zero-order valence-electron chi connectivity index (χ0n) is 15.4. The van der Waals surface area contributed by atoms with Gasteiger partial charge in [0.15, 0.2) is 16.6 Å². The molecule has 0 aromatic heterocycles. The van der Waals surface area contributed by atoms with E-state index in [2.05, 4.69) is 10.6 Å². The lowest BCUT2D eigenvalue weighted by atomic mass is 10.1. The van der Waals surface area contributed by atoms with E-state index in [-0.39, 0.29) is 17.3 Å². The van der Waals surface area contributed by atoms with Crippen LogP contribution in [0.25, 0.3) is 6.08 Å². The van der Waals surface area contributed by atoms with Gasteiger partial charge in [-0.1, -0.05) is 29.8 Å². The highest BCUT2D eigenvalue weighted by molar-refractivity contribution is 7.80. The van der Waals surface area contributed by atoms with E-state index in [1.165, 1.54) is 13.2 Å². The standard InChI is InChI=1S/C20H17ClN2O5S/c1-26-17-11-12(10-13-18(24)22-20(29)23-19(13)25)6-7-16(17)28-9-8-27-15-5-3-2-4-14(15)21/h2-7,10-11H,8-9H2,1H3,(H2,22,23,24,25,29). The summed E-state index contributed by atoms with van der Waals surface area (Å²) in [5, 5.41) is 5.28. The van der Waals surface area contributed by atoms with Crippen molar-refractivity contribution in [3.05, 3.63) is 58.6 Å². The largest absolute Gasteiger partial charge is 0.493 e. The molecule has 0 bridgehead atoms. The second-order valence-corrected chi connectivity index (χ2v) is 6.65. The van der Waals surface area contributed by atoms with Gasteiger partial charge >= 0.3 is 0 Å². The van der Waals surface area contributed by atoms with Gasteiger partial charge in [0.1, 0.15) is 24.5 Å². The molecule has 0 radical (unpaired) electrons. The molecule has 2 aromatic carbocycles. The molecule has 1 aliphatic rings. The summed E-state index contributed by atoms with van der Waals surface area (Å²) in [5.74, 6) is 0.403. The summed E-state index contributed by atoms with van der Waals surface area (Å²) in [6, 6.07) is 12.2. The quantitative estimate of drug-likeness (QED) is 0.303. The number of ether oxygens (including phenoxy) is 3. The topological polar surface area (TPSA) is 85.9 Å². The zero-order valence-corrected chi connectivity index (χ0v) is 16.9. The van der Waals surface area contributed by atoms with Gasteiger partial charge in [-0.25, -0.2) is 0 Å².